The predicted octanol–water partition coefficient (Wildman–Crippen LogP) is 4.50. The minimum absolute atomic E-state index is 0.681. The highest BCUT2D eigenvalue weighted by Crippen LogP contribution is 2.27. The minimum Gasteiger partial charge on any atom is -0.338 e. The molecule has 3 aromatic rings. The van der Waals surface area contributed by atoms with Crippen molar-refractivity contribution in [2.75, 3.05) is 0 Å². The molecule has 0 saturated carbocycles. The first-order valence-corrected chi connectivity index (χ1v) is 6.25. The van der Waals surface area contributed by atoms with Gasteiger partial charge < -0.3 is 4.98 Å². The normalized spacial score (nSPS) is 11.1. The van der Waals surface area contributed by atoms with Crippen LogP contribution < -0.4 is 0 Å². The third kappa shape index (κ3) is 1.79. The summed E-state index contributed by atoms with van der Waals surface area (Å²) in [4.78, 5) is 7.92. The van der Waals surface area contributed by atoms with Gasteiger partial charge in [0.15, 0.2) is 0 Å². The molecule has 0 spiro atoms. The van der Waals surface area contributed by atoms with Gasteiger partial charge in [-0.05, 0) is 37.6 Å². The fourth-order valence-corrected chi connectivity index (χ4v) is 2.33. The highest BCUT2D eigenvalue weighted by molar-refractivity contribution is 6.35. The van der Waals surface area contributed by atoms with Gasteiger partial charge in [-0.2, -0.15) is 0 Å². The van der Waals surface area contributed by atoms with Crippen LogP contribution in [-0.4, -0.2) is 9.97 Å². The fraction of sp³-hybridized carbons (Fsp3) is 0.133. The molecule has 18 heavy (non-hydrogen) atoms. The number of hydrogen-bond acceptors (Lipinski definition) is 1. The summed E-state index contributed by atoms with van der Waals surface area (Å²) in [5.74, 6) is 0.874. The van der Waals surface area contributed by atoms with E-state index in [-0.39, 0.29) is 0 Å². The number of aromatic amines is 1. The summed E-state index contributed by atoms with van der Waals surface area (Å²) >= 11 is 6.15. The van der Waals surface area contributed by atoms with Gasteiger partial charge in [-0.15, -0.1) is 0 Å². The van der Waals surface area contributed by atoms with Crippen LogP contribution >= 0.6 is 11.6 Å². The molecule has 0 aliphatic rings. The summed E-state index contributed by atoms with van der Waals surface area (Å²) in [6.07, 6.45) is 0. The second-order valence-electron chi connectivity index (χ2n) is 4.54. The summed E-state index contributed by atoms with van der Waals surface area (Å²) in [6, 6.07) is 12.1. The smallest absolute Gasteiger partial charge is 0.138 e. The second kappa shape index (κ2) is 4.14. The van der Waals surface area contributed by atoms with Crippen LogP contribution in [0.2, 0.25) is 5.02 Å². The summed E-state index contributed by atoms with van der Waals surface area (Å²) in [7, 11) is 0. The second-order valence-corrected chi connectivity index (χ2v) is 4.95. The van der Waals surface area contributed by atoms with E-state index in [1.54, 1.807) is 0 Å². The Morgan fingerprint density at radius 3 is 2.72 bits per heavy atom. The lowest BCUT2D eigenvalue weighted by Gasteiger charge is -2.03. The Kier molecular flexibility index (Phi) is 2.60. The lowest BCUT2D eigenvalue weighted by molar-refractivity contribution is 1.29. The van der Waals surface area contributed by atoms with E-state index >= 15 is 0 Å². The molecule has 0 fully saturated rings. The maximum atomic E-state index is 6.15. The number of para-hydroxylation sites is 1. The van der Waals surface area contributed by atoms with E-state index < -0.39 is 0 Å². The number of aryl methyl sites for hydroxylation is 2. The first-order chi connectivity index (χ1) is 8.65. The summed E-state index contributed by atoms with van der Waals surface area (Å²) in [5.41, 5.74) is 5.36. The molecule has 2 aromatic carbocycles. The van der Waals surface area contributed by atoms with Crippen LogP contribution in [0.1, 0.15) is 11.1 Å². The number of imidazole rings is 1. The number of halogens is 1. The molecule has 1 heterocycles. The van der Waals surface area contributed by atoms with Crippen molar-refractivity contribution in [1.29, 1.82) is 0 Å². The van der Waals surface area contributed by atoms with Crippen molar-refractivity contribution >= 4 is 22.6 Å². The average Bonchev–Trinajstić information content (AvgIpc) is 2.77. The van der Waals surface area contributed by atoms with Crippen LogP contribution in [0.4, 0.5) is 0 Å². The van der Waals surface area contributed by atoms with Crippen molar-refractivity contribution < 1.29 is 0 Å². The quantitative estimate of drug-likeness (QED) is 0.682. The zero-order valence-electron chi connectivity index (χ0n) is 10.3. The minimum atomic E-state index is 0.681. The number of hydrogen-bond donors (Lipinski definition) is 1. The van der Waals surface area contributed by atoms with Gasteiger partial charge in [-0.3, -0.25) is 0 Å². The number of nitrogens with zero attached hydrogens (tertiary/aromatic N) is 1. The van der Waals surface area contributed by atoms with Crippen LogP contribution in [-0.2, 0) is 0 Å². The fourth-order valence-electron chi connectivity index (χ4n) is 2.12. The molecule has 90 valence electrons. The van der Waals surface area contributed by atoms with Crippen molar-refractivity contribution in [3.05, 3.63) is 52.5 Å². The molecule has 0 amide bonds. The highest BCUT2D eigenvalue weighted by Gasteiger charge is 2.09. The van der Waals surface area contributed by atoms with Gasteiger partial charge >= 0.3 is 0 Å². The van der Waals surface area contributed by atoms with Gasteiger partial charge in [0.25, 0.3) is 0 Å². The monoisotopic (exact) mass is 256 g/mol. The molecule has 1 N–H and O–H groups in total. The molecular formula is C15H13ClN2. The zero-order chi connectivity index (χ0) is 12.7. The van der Waals surface area contributed by atoms with E-state index in [4.69, 9.17) is 11.6 Å². The Hall–Kier alpha value is -1.80. The van der Waals surface area contributed by atoms with Crippen molar-refractivity contribution in [3.63, 3.8) is 0 Å². The molecule has 0 unspecified atom stereocenters. The van der Waals surface area contributed by atoms with E-state index in [1.807, 2.05) is 18.2 Å². The van der Waals surface area contributed by atoms with Crippen molar-refractivity contribution in [2.24, 2.45) is 0 Å². The van der Waals surface area contributed by atoms with E-state index in [1.165, 1.54) is 11.1 Å². The van der Waals surface area contributed by atoms with Crippen LogP contribution in [0.3, 0.4) is 0 Å². The van der Waals surface area contributed by atoms with E-state index in [0.717, 1.165) is 22.4 Å². The topological polar surface area (TPSA) is 28.7 Å². The van der Waals surface area contributed by atoms with Gasteiger partial charge in [0.05, 0.1) is 10.5 Å². The largest absolute Gasteiger partial charge is 0.338 e. The first kappa shape index (κ1) is 11.3. The number of fused-ring (bicyclic) bond motifs is 1. The number of rotatable bonds is 1. The zero-order valence-corrected chi connectivity index (χ0v) is 11.0. The predicted molar refractivity (Wildman–Crippen MR) is 76.0 cm³/mol. The first-order valence-electron chi connectivity index (χ1n) is 5.87. The molecule has 0 saturated heterocycles. The Bertz CT molecular complexity index is 728. The summed E-state index contributed by atoms with van der Waals surface area (Å²) in [6.45, 7) is 4.17. The molecule has 0 bridgehead atoms. The number of H-pyrrole nitrogens is 1. The Morgan fingerprint density at radius 1 is 1.11 bits per heavy atom. The third-order valence-electron chi connectivity index (χ3n) is 3.11. The molecule has 0 atom stereocenters. The Morgan fingerprint density at radius 2 is 1.94 bits per heavy atom. The van der Waals surface area contributed by atoms with Crippen LogP contribution in [0, 0.1) is 13.8 Å². The van der Waals surface area contributed by atoms with Crippen LogP contribution in [0.25, 0.3) is 22.4 Å². The molecule has 1 aromatic heterocycles. The SMILES string of the molecule is Cc1ccc(C)c(-c2nc3c(Cl)cccc3[nH]2)c1. The lowest BCUT2D eigenvalue weighted by Crippen LogP contribution is -1.86. The van der Waals surface area contributed by atoms with Crippen LogP contribution in [0.15, 0.2) is 36.4 Å². The molecule has 3 rings (SSSR count). The van der Waals surface area contributed by atoms with Crippen molar-refractivity contribution in [2.45, 2.75) is 13.8 Å². The number of nitrogens with one attached hydrogen (secondary N) is 1. The van der Waals surface area contributed by atoms with E-state index in [2.05, 4.69) is 42.0 Å². The highest BCUT2D eigenvalue weighted by atomic mass is 35.5. The summed E-state index contributed by atoms with van der Waals surface area (Å²) < 4.78 is 0. The molecular weight excluding hydrogens is 244 g/mol. The van der Waals surface area contributed by atoms with E-state index in [9.17, 15) is 0 Å². The molecule has 0 aliphatic carbocycles. The Labute approximate surface area is 111 Å². The van der Waals surface area contributed by atoms with Gasteiger partial charge in [0.1, 0.15) is 11.3 Å². The standard InChI is InChI=1S/C15H13ClN2/c1-9-6-7-10(2)11(8-9)15-17-13-5-3-4-12(16)14(13)18-15/h3-8H,1-2H3,(H,17,18). The van der Waals surface area contributed by atoms with Gasteiger partial charge in [-0.1, -0.05) is 35.4 Å². The Balaban J connectivity index is 2.26. The van der Waals surface area contributed by atoms with Gasteiger partial charge in [0, 0.05) is 5.56 Å². The summed E-state index contributed by atoms with van der Waals surface area (Å²) in [5, 5.41) is 0.681. The van der Waals surface area contributed by atoms with Crippen molar-refractivity contribution in [3.8, 4) is 11.4 Å². The molecule has 3 heteroatoms. The maximum Gasteiger partial charge on any atom is 0.138 e. The van der Waals surface area contributed by atoms with Crippen molar-refractivity contribution in [1.82, 2.24) is 9.97 Å². The van der Waals surface area contributed by atoms with Gasteiger partial charge in [0.2, 0.25) is 0 Å². The van der Waals surface area contributed by atoms with Crippen LogP contribution in [0.5, 0.6) is 0 Å². The van der Waals surface area contributed by atoms with E-state index in [0.29, 0.717) is 5.02 Å². The maximum absolute atomic E-state index is 6.15. The molecule has 2 nitrogen and oxygen atoms in total. The van der Waals surface area contributed by atoms with Gasteiger partial charge in [-0.25, -0.2) is 4.98 Å². The lowest BCUT2D eigenvalue weighted by atomic mass is 10.1. The number of aromatic nitrogens is 2. The molecule has 0 radical (unpaired) electrons. The average molecular weight is 257 g/mol. The number of benzene rings is 2. The third-order valence-corrected chi connectivity index (χ3v) is 3.42. The molecule has 0 aliphatic heterocycles.